The summed E-state index contributed by atoms with van der Waals surface area (Å²) in [4.78, 5) is 22.2. The van der Waals surface area contributed by atoms with E-state index in [2.05, 4.69) is 40.8 Å². The molecule has 0 saturated carbocycles. The van der Waals surface area contributed by atoms with E-state index in [1.165, 1.54) is 24.1 Å². The smallest absolute Gasteiger partial charge is 0.242 e. The summed E-state index contributed by atoms with van der Waals surface area (Å²) >= 11 is 0. The van der Waals surface area contributed by atoms with Gasteiger partial charge in [-0.2, -0.15) is 0 Å². The summed E-state index contributed by atoms with van der Waals surface area (Å²) in [5, 5.41) is 0. The van der Waals surface area contributed by atoms with Crippen LogP contribution in [0.3, 0.4) is 0 Å². The van der Waals surface area contributed by atoms with Crippen molar-refractivity contribution in [3.63, 3.8) is 0 Å². The number of likely N-dealkylation sites (tertiary alicyclic amines) is 1. The van der Waals surface area contributed by atoms with Gasteiger partial charge in [0, 0.05) is 65.3 Å². The number of carbonyl (C=O) groups excluding carboxylic acids is 1. The highest BCUT2D eigenvalue weighted by Crippen LogP contribution is 2.24. The molecule has 9 heteroatoms. The molecular weight excluding hydrogens is 462 g/mol. The van der Waals surface area contributed by atoms with Gasteiger partial charge in [-0.25, -0.2) is 17.7 Å². The lowest BCUT2D eigenvalue weighted by molar-refractivity contribution is -0.132. The Hall–Kier alpha value is -2.91. The van der Waals surface area contributed by atoms with Gasteiger partial charge in [0.25, 0.3) is 0 Å². The molecule has 4 rings (SSSR count). The maximum Gasteiger partial charge on any atom is 0.242 e. The number of imidazole rings is 1. The van der Waals surface area contributed by atoms with Crippen molar-refractivity contribution in [1.29, 1.82) is 0 Å². The number of fused-ring (bicyclic) bond motifs is 1. The Morgan fingerprint density at radius 3 is 2.37 bits per heavy atom. The highest BCUT2D eigenvalue weighted by Gasteiger charge is 2.26. The molecule has 0 aliphatic carbocycles. The summed E-state index contributed by atoms with van der Waals surface area (Å²) in [7, 11) is 1.63. The lowest BCUT2D eigenvalue weighted by atomic mass is 10.0. The number of piperidine rings is 1. The third-order valence-electron chi connectivity index (χ3n) is 6.98. The number of hydrogen-bond acceptors (Lipinski definition) is 5. The molecule has 0 bridgehead atoms. The van der Waals surface area contributed by atoms with E-state index in [0.717, 1.165) is 37.3 Å². The second-order valence-corrected chi connectivity index (χ2v) is 11.4. The lowest BCUT2D eigenvalue weighted by Gasteiger charge is -2.38. The van der Waals surface area contributed by atoms with Gasteiger partial charge in [-0.05, 0) is 50.1 Å². The van der Waals surface area contributed by atoms with Crippen molar-refractivity contribution in [3.8, 4) is 0 Å². The average molecular weight is 498 g/mol. The number of sulfonamides is 1. The first-order valence-electron chi connectivity index (χ1n) is 12.2. The number of aromatic nitrogens is 2. The van der Waals surface area contributed by atoms with Gasteiger partial charge < -0.3 is 14.4 Å². The molecule has 1 saturated heterocycles. The molecule has 3 aromatic rings. The average Bonchev–Trinajstić information content (AvgIpc) is 3.24. The van der Waals surface area contributed by atoms with E-state index in [0.29, 0.717) is 30.9 Å². The van der Waals surface area contributed by atoms with Crippen molar-refractivity contribution in [1.82, 2.24) is 18.8 Å². The first-order chi connectivity index (χ1) is 16.7. The SMILES string of the molecule is CCn1c(CCC(=O)N2CCC(N(C)c3ccccc3)CC2)nc2cc(S(=O)(=O)N(C)C)ccc21. The first-order valence-corrected chi connectivity index (χ1v) is 13.6. The van der Waals surface area contributed by atoms with Crippen LogP contribution in [0, 0.1) is 0 Å². The van der Waals surface area contributed by atoms with E-state index in [-0.39, 0.29) is 10.8 Å². The van der Waals surface area contributed by atoms with Crippen LogP contribution in [-0.2, 0) is 27.8 Å². The normalized spacial score (nSPS) is 15.2. The van der Waals surface area contributed by atoms with Crippen LogP contribution in [0.1, 0.15) is 32.0 Å². The van der Waals surface area contributed by atoms with Crippen LogP contribution in [0.15, 0.2) is 53.4 Å². The highest BCUT2D eigenvalue weighted by molar-refractivity contribution is 7.89. The zero-order valence-electron chi connectivity index (χ0n) is 21.0. The highest BCUT2D eigenvalue weighted by atomic mass is 32.2. The minimum Gasteiger partial charge on any atom is -0.371 e. The molecule has 188 valence electrons. The van der Waals surface area contributed by atoms with Crippen molar-refractivity contribution in [2.45, 2.75) is 50.1 Å². The molecule has 2 aromatic carbocycles. The number of para-hydroxylation sites is 1. The fraction of sp³-hybridized carbons (Fsp3) is 0.462. The number of aryl methyl sites for hydroxylation is 2. The molecule has 35 heavy (non-hydrogen) atoms. The van der Waals surface area contributed by atoms with Gasteiger partial charge in [-0.1, -0.05) is 18.2 Å². The second-order valence-electron chi connectivity index (χ2n) is 9.27. The molecule has 1 aromatic heterocycles. The molecule has 1 fully saturated rings. The van der Waals surface area contributed by atoms with Crippen LogP contribution in [0.2, 0.25) is 0 Å². The molecule has 0 unspecified atom stereocenters. The van der Waals surface area contributed by atoms with Crippen LogP contribution >= 0.6 is 0 Å². The zero-order valence-corrected chi connectivity index (χ0v) is 21.8. The molecular formula is C26H35N5O3S. The number of rotatable bonds is 8. The third-order valence-corrected chi connectivity index (χ3v) is 8.80. The summed E-state index contributed by atoms with van der Waals surface area (Å²) in [6, 6.07) is 15.8. The summed E-state index contributed by atoms with van der Waals surface area (Å²) in [6.07, 6.45) is 2.83. The van der Waals surface area contributed by atoms with Gasteiger partial charge in [0.2, 0.25) is 15.9 Å². The minimum absolute atomic E-state index is 0.149. The van der Waals surface area contributed by atoms with Crippen molar-refractivity contribution in [2.75, 3.05) is 39.1 Å². The summed E-state index contributed by atoms with van der Waals surface area (Å²) < 4.78 is 28.3. The second kappa shape index (κ2) is 10.4. The molecule has 0 N–H and O–H groups in total. The molecule has 2 heterocycles. The number of benzene rings is 2. The number of amides is 1. The van der Waals surface area contributed by atoms with Crippen molar-refractivity contribution in [3.05, 3.63) is 54.4 Å². The number of anilines is 1. The Balaban J connectivity index is 1.40. The fourth-order valence-corrected chi connectivity index (χ4v) is 5.75. The predicted molar refractivity (Wildman–Crippen MR) is 139 cm³/mol. The number of carbonyl (C=O) groups is 1. The van der Waals surface area contributed by atoms with Gasteiger partial charge in [0.15, 0.2) is 0 Å². The number of nitrogens with zero attached hydrogens (tertiary/aromatic N) is 5. The van der Waals surface area contributed by atoms with E-state index in [1.54, 1.807) is 12.1 Å². The first kappa shape index (κ1) is 25.2. The topological polar surface area (TPSA) is 78.8 Å². The molecule has 0 spiro atoms. The van der Waals surface area contributed by atoms with E-state index in [4.69, 9.17) is 4.98 Å². The van der Waals surface area contributed by atoms with Gasteiger partial charge in [-0.15, -0.1) is 0 Å². The summed E-state index contributed by atoms with van der Waals surface area (Å²) in [5.74, 6) is 0.963. The quantitative estimate of drug-likeness (QED) is 0.477. The van der Waals surface area contributed by atoms with Crippen LogP contribution in [-0.4, -0.2) is 73.4 Å². The Bertz CT molecular complexity index is 1280. The van der Waals surface area contributed by atoms with Crippen molar-refractivity contribution in [2.24, 2.45) is 0 Å². The van der Waals surface area contributed by atoms with E-state index < -0.39 is 10.0 Å². The monoisotopic (exact) mass is 497 g/mol. The Morgan fingerprint density at radius 2 is 1.74 bits per heavy atom. The largest absolute Gasteiger partial charge is 0.371 e. The van der Waals surface area contributed by atoms with Crippen LogP contribution in [0.25, 0.3) is 11.0 Å². The van der Waals surface area contributed by atoms with Gasteiger partial charge in [0.05, 0.1) is 15.9 Å². The number of hydrogen-bond donors (Lipinski definition) is 0. The van der Waals surface area contributed by atoms with Gasteiger partial charge in [0.1, 0.15) is 5.82 Å². The van der Waals surface area contributed by atoms with Crippen LogP contribution in [0.4, 0.5) is 5.69 Å². The maximum absolute atomic E-state index is 13.0. The molecule has 8 nitrogen and oxygen atoms in total. The molecule has 0 radical (unpaired) electrons. The predicted octanol–water partition coefficient (Wildman–Crippen LogP) is 3.37. The maximum atomic E-state index is 13.0. The van der Waals surface area contributed by atoms with Crippen molar-refractivity contribution < 1.29 is 13.2 Å². The Kier molecular flexibility index (Phi) is 7.47. The van der Waals surface area contributed by atoms with Crippen LogP contribution in [0.5, 0.6) is 0 Å². The molecule has 1 aliphatic rings. The molecule has 1 amide bonds. The minimum atomic E-state index is -3.53. The Labute approximate surface area is 208 Å². The lowest BCUT2D eigenvalue weighted by Crippen LogP contribution is -2.45. The van der Waals surface area contributed by atoms with Crippen molar-refractivity contribution >= 4 is 32.7 Å². The standard InChI is InChI=1S/C26H35N5O3S/c1-5-31-24-12-11-22(35(33,34)28(2)3)19-23(24)27-25(31)13-14-26(32)30-17-15-21(16-18-30)29(4)20-9-7-6-8-10-20/h6-12,19,21H,5,13-18H2,1-4H3. The molecule has 1 aliphatic heterocycles. The van der Waals surface area contributed by atoms with E-state index >= 15 is 0 Å². The summed E-state index contributed by atoms with van der Waals surface area (Å²) in [6.45, 7) is 4.26. The third kappa shape index (κ3) is 5.21. The fourth-order valence-electron chi connectivity index (χ4n) is 4.83. The zero-order chi connectivity index (χ0) is 25.2. The Morgan fingerprint density at radius 1 is 1.06 bits per heavy atom. The molecule has 0 atom stereocenters. The van der Waals surface area contributed by atoms with Gasteiger partial charge >= 0.3 is 0 Å². The van der Waals surface area contributed by atoms with E-state index in [9.17, 15) is 13.2 Å². The van der Waals surface area contributed by atoms with Gasteiger partial charge in [-0.3, -0.25) is 4.79 Å². The van der Waals surface area contributed by atoms with Crippen LogP contribution < -0.4 is 4.90 Å². The van der Waals surface area contributed by atoms with E-state index in [1.807, 2.05) is 24.0 Å². The summed E-state index contributed by atoms with van der Waals surface area (Å²) in [5.41, 5.74) is 2.73.